The van der Waals surface area contributed by atoms with Gasteiger partial charge in [0.2, 0.25) is 0 Å². The number of thioether (sulfide) groups is 1. The number of hydrogen-bond donors (Lipinski definition) is 1. The van der Waals surface area contributed by atoms with Gasteiger partial charge in [-0.1, -0.05) is 54.9 Å². The van der Waals surface area contributed by atoms with Crippen LogP contribution in [0.15, 0.2) is 77.7 Å². The summed E-state index contributed by atoms with van der Waals surface area (Å²) in [5, 5.41) is 3.65. The molecule has 0 unspecified atom stereocenters. The van der Waals surface area contributed by atoms with E-state index < -0.39 is 0 Å². The van der Waals surface area contributed by atoms with Crippen LogP contribution in [0.1, 0.15) is 22.8 Å². The molecule has 1 N–H and O–H groups in total. The van der Waals surface area contributed by atoms with Crippen molar-refractivity contribution in [2.75, 3.05) is 11.1 Å². The van der Waals surface area contributed by atoms with Gasteiger partial charge in [0.25, 0.3) is 5.91 Å². The van der Waals surface area contributed by atoms with Crippen LogP contribution < -0.4 is 10.1 Å². The van der Waals surface area contributed by atoms with Crippen LogP contribution in [-0.4, -0.2) is 11.7 Å². The van der Waals surface area contributed by atoms with Crippen molar-refractivity contribution in [3.8, 4) is 5.75 Å². The Morgan fingerprint density at radius 1 is 1.04 bits per heavy atom. The van der Waals surface area contributed by atoms with Gasteiger partial charge in [0.05, 0.1) is 5.69 Å². The van der Waals surface area contributed by atoms with Crippen LogP contribution in [0.25, 0.3) is 0 Å². The third kappa shape index (κ3) is 5.28. The highest BCUT2D eigenvalue weighted by molar-refractivity contribution is 7.99. The summed E-state index contributed by atoms with van der Waals surface area (Å²) in [6.07, 6.45) is 0. The summed E-state index contributed by atoms with van der Waals surface area (Å²) in [4.78, 5) is 13.7. The first-order valence-electron chi connectivity index (χ1n) is 8.67. The molecule has 3 nitrogen and oxygen atoms in total. The molecule has 0 saturated heterocycles. The Balaban J connectivity index is 1.70. The summed E-state index contributed by atoms with van der Waals surface area (Å²) in [5.74, 6) is 1.40. The van der Waals surface area contributed by atoms with E-state index in [-0.39, 0.29) is 5.91 Å². The summed E-state index contributed by atoms with van der Waals surface area (Å²) >= 11 is 7.85. The number of rotatable bonds is 7. The van der Waals surface area contributed by atoms with E-state index in [1.807, 2.05) is 60.7 Å². The highest BCUT2D eigenvalue weighted by atomic mass is 35.5. The number of benzene rings is 3. The van der Waals surface area contributed by atoms with Crippen molar-refractivity contribution in [1.82, 2.24) is 0 Å². The molecule has 0 aromatic heterocycles. The minimum atomic E-state index is -0.164. The molecule has 0 atom stereocenters. The Kier molecular flexibility index (Phi) is 6.80. The fourth-order valence-corrected chi connectivity index (χ4v) is 3.50. The third-order valence-corrected chi connectivity index (χ3v) is 5.21. The Hall–Kier alpha value is -2.43. The Morgan fingerprint density at radius 3 is 2.63 bits per heavy atom. The van der Waals surface area contributed by atoms with Gasteiger partial charge in [0.1, 0.15) is 12.4 Å². The number of carbonyl (C=O) groups excluding carboxylic acids is 1. The summed E-state index contributed by atoms with van der Waals surface area (Å²) in [7, 11) is 0. The van der Waals surface area contributed by atoms with Crippen LogP contribution in [0.3, 0.4) is 0 Å². The normalized spacial score (nSPS) is 10.4. The molecule has 1 amide bonds. The zero-order valence-electron chi connectivity index (χ0n) is 14.9. The fraction of sp³-hybridized carbons (Fsp3) is 0.136. The minimum Gasteiger partial charge on any atom is -0.489 e. The van der Waals surface area contributed by atoms with E-state index in [4.69, 9.17) is 16.3 Å². The lowest BCUT2D eigenvalue weighted by molar-refractivity contribution is 0.102. The predicted octanol–water partition coefficient (Wildman–Crippen LogP) is 6.28. The van der Waals surface area contributed by atoms with Crippen molar-refractivity contribution in [1.29, 1.82) is 0 Å². The molecule has 0 spiro atoms. The first-order chi connectivity index (χ1) is 13.2. The van der Waals surface area contributed by atoms with Crippen LogP contribution in [0.4, 0.5) is 5.69 Å². The highest BCUT2D eigenvalue weighted by Gasteiger charge is 2.10. The smallest absolute Gasteiger partial charge is 0.255 e. The second-order valence-electron chi connectivity index (χ2n) is 5.79. The van der Waals surface area contributed by atoms with Gasteiger partial charge in [0.15, 0.2) is 0 Å². The van der Waals surface area contributed by atoms with E-state index >= 15 is 0 Å². The molecular formula is C22H20ClNO2S. The Labute approximate surface area is 168 Å². The number of hydrogen-bond acceptors (Lipinski definition) is 3. The van der Waals surface area contributed by atoms with Crippen LogP contribution in [0, 0.1) is 0 Å². The maximum Gasteiger partial charge on any atom is 0.255 e. The van der Waals surface area contributed by atoms with E-state index in [0.29, 0.717) is 22.9 Å². The number of ether oxygens (including phenoxy) is 1. The summed E-state index contributed by atoms with van der Waals surface area (Å²) in [5.41, 5.74) is 2.26. The third-order valence-electron chi connectivity index (χ3n) is 3.88. The molecule has 27 heavy (non-hydrogen) atoms. The van der Waals surface area contributed by atoms with E-state index in [2.05, 4.69) is 12.2 Å². The zero-order valence-corrected chi connectivity index (χ0v) is 16.5. The van der Waals surface area contributed by atoms with E-state index in [1.54, 1.807) is 23.9 Å². The van der Waals surface area contributed by atoms with Crippen LogP contribution in [-0.2, 0) is 6.61 Å². The fourth-order valence-electron chi connectivity index (χ4n) is 2.55. The van der Waals surface area contributed by atoms with Gasteiger partial charge in [-0.25, -0.2) is 0 Å². The van der Waals surface area contributed by atoms with Gasteiger partial charge in [-0.3, -0.25) is 4.79 Å². The molecule has 3 aromatic carbocycles. The zero-order chi connectivity index (χ0) is 19.1. The Bertz CT molecular complexity index is 929. The first-order valence-corrected chi connectivity index (χ1v) is 10.0. The molecule has 0 fully saturated rings. The number of amides is 1. The van der Waals surface area contributed by atoms with Crippen LogP contribution in [0.5, 0.6) is 5.75 Å². The van der Waals surface area contributed by atoms with Gasteiger partial charge < -0.3 is 10.1 Å². The molecule has 5 heteroatoms. The van der Waals surface area contributed by atoms with Gasteiger partial charge in [-0.2, -0.15) is 0 Å². The number of carbonyl (C=O) groups is 1. The maximum atomic E-state index is 12.7. The molecule has 0 radical (unpaired) electrons. The van der Waals surface area contributed by atoms with Gasteiger partial charge in [0, 0.05) is 21.0 Å². The van der Waals surface area contributed by atoms with Crippen LogP contribution >= 0.6 is 23.4 Å². The highest BCUT2D eigenvalue weighted by Crippen LogP contribution is 2.27. The quantitative estimate of drug-likeness (QED) is 0.476. The number of anilines is 1. The van der Waals surface area contributed by atoms with Crippen molar-refractivity contribution in [3.05, 3.63) is 88.9 Å². The van der Waals surface area contributed by atoms with Crippen molar-refractivity contribution < 1.29 is 9.53 Å². The second-order valence-corrected chi connectivity index (χ2v) is 7.50. The molecule has 0 aliphatic carbocycles. The first kappa shape index (κ1) is 19.3. The predicted molar refractivity (Wildman–Crippen MR) is 113 cm³/mol. The van der Waals surface area contributed by atoms with E-state index in [1.165, 1.54) is 0 Å². The maximum absolute atomic E-state index is 12.7. The topological polar surface area (TPSA) is 38.3 Å². The monoisotopic (exact) mass is 397 g/mol. The SMILES string of the molecule is CCSc1ccccc1NC(=O)c1cccc(OCc2ccccc2Cl)c1. The molecule has 0 bridgehead atoms. The molecular weight excluding hydrogens is 378 g/mol. The number of halogens is 1. The lowest BCUT2D eigenvalue weighted by Gasteiger charge is -2.11. The Morgan fingerprint density at radius 2 is 1.81 bits per heavy atom. The summed E-state index contributed by atoms with van der Waals surface area (Å²) < 4.78 is 5.81. The molecule has 0 aliphatic heterocycles. The van der Waals surface area contributed by atoms with Crippen molar-refractivity contribution >= 4 is 35.0 Å². The second kappa shape index (κ2) is 9.49. The largest absolute Gasteiger partial charge is 0.489 e. The van der Waals surface area contributed by atoms with Crippen molar-refractivity contribution in [2.45, 2.75) is 18.4 Å². The molecule has 0 heterocycles. The van der Waals surface area contributed by atoms with Crippen LogP contribution in [0.2, 0.25) is 5.02 Å². The average Bonchev–Trinajstić information content (AvgIpc) is 2.69. The van der Waals surface area contributed by atoms with Crippen molar-refractivity contribution in [2.24, 2.45) is 0 Å². The van der Waals surface area contributed by atoms with Gasteiger partial charge in [-0.15, -0.1) is 11.8 Å². The lowest BCUT2D eigenvalue weighted by Crippen LogP contribution is -2.12. The summed E-state index contributed by atoms with van der Waals surface area (Å²) in [6.45, 7) is 2.43. The van der Waals surface area contributed by atoms with E-state index in [0.717, 1.165) is 21.9 Å². The van der Waals surface area contributed by atoms with Gasteiger partial charge >= 0.3 is 0 Å². The molecule has 3 rings (SSSR count). The molecule has 138 valence electrons. The average molecular weight is 398 g/mol. The number of para-hydroxylation sites is 1. The number of nitrogens with one attached hydrogen (secondary N) is 1. The minimum absolute atomic E-state index is 0.164. The molecule has 0 aliphatic rings. The van der Waals surface area contributed by atoms with E-state index in [9.17, 15) is 4.79 Å². The van der Waals surface area contributed by atoms with Crippen molar-refractivity contribution in [3.63, 3.8) is 0 Å². The standard InChI is InChI=1S/C22H20ClNO2S/c1-2-27-21-13-6-5-12-20(21)24-22(25)16-9-7-10-18(14-16)26-15-17-8-3-4-11-19(17)23/h3-14H,2,15H2,1H3,(H,24,25). The molecule has 3 aromatic rings. The van der Waals surface area contributed by atoms with Gasteiger partial charge in [-0.05, 0) is 42.2 Å². The summed E-state index contributed by atoms with van der Waals surface area (Å²) in [6, 6.07) is 22.5. The lowest BCUT2D eigenvalue weighted by atomic mass is 10.2. The molecule has 0 saturated carbocycles.